The molecule has 0 aliphatic carbocycles. The number of hydrogen-bond donors (Lipinski definition) is 1. The smallest absolute Gasteiger partial charge is 0.290 e. The molecule has 0 unspecified atom stereocenters. The third-order valence-corrected chi connectivity index (χ3v) is 3.03. The molecule has 0 saturated carbocycles. The molecule has 92 valence electrons. The van der Waals surface area contributed by atoms with Gasteiger partial charge in [-0.05, 0) is 13.0 Å². The van der Waals surface area contributed by atoms with E-state index in [0.717, 1.165) is 18.1 Å². The van der Waals surface area contributed by atoms with Crippen molar-refractivity contribution in [2.24, 2.45) is 0 Å². The summed E-state index contributed by atoms with van der Waals surface area (Å²) >= 11 is 1.77. The van der Waals surface area contributed by atoms with E-state index < -0.39 is 4.92 Å². The predicted molar refractivity (Wildman–Crippen MR) is 71.6 cm³/mol. The van der Waals surface area contributed by atoms with Crippen molar-refractivity contribution < 1.29 is 4.92 Å². The Morgan fingerprint density at radius 2 is 2.47 bits per heavy atom. The van der Waals surface area contributed by atoms with Gasteiger partial charge < -0.3 is 5.32 Å². The summed E-state index contributed by atoms with van der Waals surface area (Å²) in [7, 11) is 0. The number of pyridine rings is 1. The van der Waals surface area contributed by atoms with Gasteiger partial charge in [-0.2, -0.15) is 11.8 Å². The summed E-state index contributed by atoms with van der Waals surface area (Å²) in [5.74, 6) is 2.55. The van der Waals surface area contributed by atoms with Gasteiger partial charge in [0.25, 0.3) is 5.69 Å². The monoisotopic (exact) mass is 253 g/mol. The molecule has 0 aliphatic rings. The molecular weight excluding hydrogens is 238 g/mol. The summed E-state index contributed by atoms with van der Waals surface area (Å²) in [4.78, 5) is 14.2. The van der Waals surface area contributed by atoms with E-state index in [1.54, 1.807) is 24.8 Å². The molecule has 1 rings (SSSR count). The van der Waals surface area contributed by atoms with E-state index in [-0.39, 0.29) is 5.69 Å². The number of aryl methyl sites for hydroxylation is 1. The van der Waals surface area contributed by atoms with Crippen molar-refractivity contribution in [2.45, 2.75) is 6.92 Å². The zero-order valence-corrected chi connectivity index (χ0v) is 10.5. The Morgan fingerprint density at radius 3 is 3.06 bits per heavy atom. The average Bonchev–Trinajstić information content (AvgIpc) is 2.28. The van der Waals surface area contributed by atoms with Crippen molar-refractivity contribution in [3.63, 3.8) is 0 Å². The first-order valence-corrected chi connectivity index (χ1v) is 6.34. The number of thioether (sulfide) groups is 1. The van der Waals surface area contributed by atoms with E-state index in [1.165, 1.54) is 6.20 Å². The molecule has 0 fully saturated rings. The highest BCUT2D eigenvalue weighted by Gasteiger charge is 2.10. The molecule has 0 aliphatic heterocycles. The van der Waals surface area contributed by atoms with Gasteiger partial charge in [-0.1, -0.05) is 6.08 Å². The lowest BCUT2D eigenvalue weighted by Gasteiger charge is -2.05. The number of nitrogens with one attached hydrogen (secondary N) is 1. The molecule has 0 radical (unpaired) electrons. The molecule has 0 bridgehead atoms. The molecule has 0 amide bonds. The number of nitro groups is 1. The Kier molecular flexibility index (Phi) is 5.48. The molecular formula is C11H15N3O2S. The van der Waals surface area contributed by atoms with Gasteiger partial charge in [-0.3, -0.25) is 10.1 Å². The van der Waals surface area contributed by atoms with Gasteiger partial charge in [0.1, 0.15) is 12.0 Å². The Balaban J connectivity index is 2.47. The van der Waals surface area contributed by atoms with Gasteiger partial charge in [0, 0.05) is 23.6 Å². The van der Waals surface area contributed by atoms with Crippen LogP contribution in [0.25, 0.3) is 0 Å². The molecule has 1 aromatic rings. The number of anilines is 1. The SMILES string of the molecule is C=CCSCCNc1cc(C)c([N+](=O)[O-])cn1. The lowest BCUT2D eigenvalue weighted by Crippen LogP contribution is -2.06. The van der Waals surface area contributed by atoms with Gasteiger partial charge in [0.2, 0.25) is 0 Å². The van der Waals surface area contributed by atoms with Crippen LogP contribution in [0.4, 0.5) is 11.5 Å². The molecule has 0 aromatic carbocycles. The Morgan fingerprint density at radius 1 is 1.71 bits per heavy atom. The first-order chi connectivity index (χ1) is 8.15. The first-order valence-electron chi connectivity index (χ1n) is 5.18. The van der Waals surface area contributed by atoms with Crippen molar-refractivity contribution >= 4 is 23.3 Å². The van der Waals surface area contributed by atoms with Crippen molar-refractivity contribution in [2.75, 3.05) is 23.4 Å². The lowest BCUT2D eigenvalue weighted by molar-refractivity contribution is -0.385. The quantitative estimate of drug-likeness (QED) is 0.350. The maximum absolute atomic E-state index is 10.6. The van der Waals surface area contributed by atoms with Crippen LogP contribution in [-0.2, 0) is 0 Å². The highest BCUT2D eigenvalue weighted by molar-refractivity contribution is 7.99. The number of nitrogens with zero attached hydrogens (tertiary/aromatic N) is 2. The van der Waals surface area contributed by atoms with Crippen LogP contribution in [0.15, 0.2) is 24.9 Å². The van der Waals surface area contributed by atoms with Crippen LogP contribution in [0.3, 0.4) is 0 Å². The molecule has 17 heavy (non-hydrogen) atoms. The Labute approximate surface area is 104 Å². The van der Waals surface area contributed by atoms with Gasteiger partial charge in [-0.25, -0.2) is 4.98 Å². The summed E-state index contributed by atoms with van der Waals surface area (Å²) in [6, 6.07) is 1.69. The highest BCUT2D eigenvalue weighted by Crippen LogP contribution is 2.18. The largest absolute Gasteiger partial charge is 0.369 e. The lowest BCUT2D eigenvalue weighted by atomic mass is 10.2. The Bertz CT molecular complexity index is 410. The van der Waals surface area contributed by atoms with Crippen LogP contribution >= 0.6 is 11.8 Å². The third-order valence-electron chi connectivity index (χ3n) is 2.07. The van der Waals surface area contributed by atoms with E-state index in [9.17, 15) is 10.1 Å². The van der Waals surface area contributed by atoms with Crippen molar-refractivity contribution in [3.05, 3.63) is 40.6 Å². The summed E-state index contributed by atoms with van der Waals surface area (Å²) in [6.45, 7) is 6.12. The van der Waals surface area contributed by atoms with Crippen molar-refractivity contribution in [3.8, 4) is 0 Å². The Hall–Kier alpha value is -1.56. The minimum atomic E-state index is -0.425. The maximum atomic E-state index is 10.6. The predicted octanol–water partition coefficient (Wildman–Crippen LogP) is 2.63. The summed E-state index contributed by atoms with van der Waals surface area (Å²) in [6.07, 6.45) is 3.15. The fraction of sp³-hybridized carbons (Fsp3) is 0.364. The van der Waals surface area contributed by atoms with Crippen molar-refractivity contribution in [1.29, 1.82) is 0 Å². The second kappa shape index (κ2) is 6.90. The minimum absolute atomic E-state index is 0.0524. The molecule has 1 heterocycles. The van der Waals surface area contributed by atoms with E-state index >= 15 is 0 Å². The molecule has 5 nitrogen and oxygen atoms in total. The van der Waals surface area contributed by atoms with E-state index in [0.29, 0.717) is 11.4 Å². The maximum Gasteiger partial charge on any atom is 0.290 e. The van der Waals surface area contributed by atoms with Gasteiger partial charge in [-0.15, -0.1) is 6.58 Å². The van der Waals surface area contributed by atoms with Crippen LogP contribution in [-0.4, -0.2) is 28.0 Å². The fourth-order valence-corrected chi connectivity index (χ4v) is 1.83. The van der Waals surface area contributed by atoms with Crippen LogP contribution in [0.2, 0.25) is 0 Å². The normalized spacial score (nSPS) is 9.94. The highest BCUT2D eigenvalue weighted by atomic mass is 32.2. The van der Waals surface area contributed by atoms with Crippen molar-refractivity contribution in [1.82, 2.24) is 4.98 Å². The molecule has 1 aromatic heterocycles. The fourth-order valence-electron chi connectivity index (χ4n) is 1.25. The molecule has 6 heteroatoms. The number of hydrogen-bond acceptors (Lipinski definition) is 5. The van der Waals surface area contributed by atoms with Gasteiger partial charge in [0.05, 0.1) is 4.92 Å². The summed E-state index contributed by atoms with van der Waals surface area (Å²) in [5.41, 5.74) is 0.669. The van der Waals surface area contributed by atoms with E-state index in [2.05, 4.69) is 16.9 Å². The molecule has 0 atom stereocenters. The van der Waals surface area contributed by atoms with Gasteiger partial charge in [0.15, 0.2) is 0 Å². The zero-order chi connectivity index (χ0) is 12.7. The molecule has 1 N–H and O–H groups in total. The minimum Gasteiger partial charge on any atom is -0.369 e. The molecule has 0 saturated heterocycles. The second-order valence-electron chi connectivity index (χ2n) is 3.40. The summed E-state index contributed by atoms with van der Waals surface area (Å²) in [5, 5.41) is 13.7. The average molecular weight is 253 g/mol. The standard InChI is InChI=1S/C11H15N3O2S/c1-3-5-17-6-4-12-11-7-9(2)10(8-13-11)14(15)16/h3,7-8H,1,4-6H2,2H3,(H,12,13). The van der Waals surface area contributed by atoms with Crippen LogP contribution in [0.5, 0.6) is 0 Å². The topological polar surface area (TPSA) is 68.1 Å². The molecule has 0 spiro atoms. The number of rotatable bonds is 7. The van der Waals surface area contributed by atoms with Crippen LogP contribution in [0.1, 0.15) is 5.56 Å². The second-order valence-corrected chi connectivity index (χ2v) is 4.55. The van der Waals surface area contributed by atoms with Crippen LogP contribution < -0.4 is 5.32 Å². The van der Waals surface area contributed by atoms with Gasteiger partial charge >= 0.3 is 0 Å². The van der Waals surface area contributed by atoms with E-state index in [4.69, 9.17) is 0 Å². The first kappa shape index (κ1) is 13.5. The van der Waals surface area contributed by atoms with Crippen LogP contribution in [0, 0.1) is 17.0 Å². The summed E-state index contributed by atoms with van der Waals surface area (Å²) < 4.78 is 0. The number of aromatic nitrogens is 1. The third kappa shape index (κ3) is 4.44. The van der Waals surface area contributed by atoms with E-state index in [1.807, 2.05) is 6.08 Å². The zero-order valence-electron chi connectivity index (χ0n) is 9.68.